The van der Waals surface area contributed by atoms with Crippen molar-refractivity contribution >= 4 is 17.2 Å². The van der Waals surface area contributed by atoms with E-state index in [1.807, 2.05) is 0 Å². The van der Waals surface area contributed by atoms with Gasteiger partial charge in [0.1, 0.15) is 12.4 Å². The minimum absolute atomic E-state index is 0.190. The summed E-state index contributed by atoms with van der Waals surface area (Å²) in [6, 6.07) is 6.58. The molecule has 3 rings (SSSR count). The Morgan fingerprint density at radius 2 is 1.86 bits per heavy atom. The van der Waals surface area contributed by atoms with Crippen LogP contribution in [0.1, 0.15) is 37.3 Å². The van der Waals surface area contributed by atoms with Crippen molar-refractivity contribution in [2.45, 2.75) is 39.1 Å². The van der Waals surface area contributed by atoms with Crippen LogP contribution in [0.25, 0.3) is 5.57 Å². The summed E-state index contributed by atoms with van der Waals surface area (Å²) in [4.78, 5) is 0. The lowest BCUT2D eigenvalue weighted by atomic mass is 9.95. The van der Waals surface area contributed by atoms with E-state index < -0.39 is 30.4 Å². The van der Waals surface area contributed by atoms with Crippen molar-refractivity contribution in [2.24, 2.45) is 0 Å². The SMILES string of the molecule is C=C/C(C)=C/C(=C\NC(F)(F)F)C1=C(c2cc(Cl)ccc2OCc2ccc(F)c(F)c2F)CCC1. The molecule has 35 heavy (non-hydrogen) atoms. The van der Waals surface area contributed by atoms with Gasteiger partial charge in [-0.05, 0) is 73.2 Å². The molecule has 0 atom stereocenters. The lowest BCUT2D eigenvalue weighted by Crippen LogP contribution is -2.26. The predicted octanol–water partition coefficient (Wildman–Crippen LogP) is 8.40. The summed E-state index contributed by atoms with van der Waals surface area (Å²) in [7, 11) is 0. The van der Waals surface area contributed by atoms with E-state index >= 15 is 0 Å². The zero-order valence-corrected chi connectivity index (χ0v) is 19.5. The second-order valence-corrected chi connectivity index (χ2v) is 8.34. The minimum Gasteiger partial charge on any atom is -0.488 e. The van der Waals surface area contributed by atoms with Crippen LogP contribution in [0.3, 0.4) is 0 Å². The quantitative estimate of drug-likeness (QED) is 0.166. The number of allylic oxidation sites excluding steroid dienone is 6. The van der Waals surface area contributed by atoms with Gasteiger partial charge in [-0.3, -0.25) is 0 Å². The highest BCUT2D eigenvalue weighted by atomic mass is 35.5. The first-order valence-electron chi connectivity index (χ1n) is 10.6. The molecular weight excluding hydrogens is 492 g/mol. The van der Waals surface area contributed by atoms with Gasteiger partial charge >= 0.3 is 6.30 Å². The smallest absolute Gasteiger partial charge is 0.481 e. The maximum Gasteiger partial charge on any atom is 0.481 e. The highest BCUT2D eigenvalue weighted by molar-refractivity contribution is 6.30. The summed E-state index contributed by atoms with van der Waals surface area (Å²) in [5.41, 5.74) is 2.70. The standard InChI is InChI=1S/C26H22ClF6NO/c1-3-15(2)11-17(13-34-26(31,32)33)19-5-4-6-20(19)21-12-18(27)8-10-23(21)35-14-16-7-9-22(28)25(30)24(16)29/h3,7-13,34H,1,4-6,14H2,2H3/b15-11+,17-13+. The number of benzene rings is 2. The van der Waals surface area contributed by atoms with Gasteiger partial charge in [-0.15, -0.1) is 0 Å². The van der Waals surface area contributed by atoms with E-state index in [1.165, 1.54) is 11.4 Å². The number of nitrogens with one attached hydrogen (secondary N) is 1. The fourth-order valence-electron chi connectivity index (χ4n) is 3.74. The Hall–Kier alpha value is -3.13. The number of alkyl halides is 3. The molecule has 0 unspecified atom stereocenters. The van der Waals surface area contributed by atoms with E-state index in [9.17, 15) is 26.3 Å². The van der Waals surface area contributed by atoms with Gasteiger partial charge in [0.2, 0.25) is 0 Å². The summed E-state index contributed by atoms with van der Waals surface area (Å²) in [5.74, 6) is -3.98. The monoisotopic (exact) mass is 513 g/mol. The third-order valence-electron chi connectivity index (χ3n) is 5.43. The van der Waals surface area contributed by atoms with Gasteiger partial charge < -0.3 is 10.1 Å². The first kappa shape index (κ1) is 26.5. The third kappa shape index (κ3) is 6.72. The summed E-state index contributed by atoms with van der Waals surface area (Å²) >= 11 is 6.20. The van der Waals surface area contributed by atoms with Gasteiger partial charge in [0.25, 0.3) is 0 Å². The highest BCUT2D eigenvalue weighted by Gasteiger charge is 2.27. The molecule has 0 saturated heterocycles. The molecular formula is C26H22ClF6NO. The molecule has 1 aliphatic carbocycles. The van der Waals surface area contributed by atoms with Crippen LogP contribution in [-0.2, 0) is 6.61 Å². The van der Waals surface area contributed by atoms with Gasteiger partial charge in [0.15, 0.2) is 17.5 Å². The Kier molecular flexibility index (Phi) is 8.38. The molecule has 0 radical (unpaired) electrons. The Morgan fingerprint density at radius 1 is 1.11 bits per heavy atom. The predicted molar refractivity (Wildman–Crippen MR) is 124 cm³/mol. The molecule has 0 aromatic heterocycles. The van der Waals surface area contributed by atoms with Crippen LogP contribution in [0.5, 0.6) is 5.75 Å². The molecule has 0 heterocycles. The maximum atomic E-state index is 14.1. The molecule has 186 valence electrons. The summed E-state index contributed by atoms with van der Waals surface area (Å²) in [6.45, 7) is 4.97. The first-order chi connectivity index (χ1) is 16.5. The third-order valence-corrected chi connectivity index (χ3v) is 5.66. The van der Waals surface area contributed by atoms with Crippen molar-refractivity contribution in [3.8, 4) is 5.75 Å². The number of rotatable bonds is 8. The molecule has 9 heteroatoms. The lowest BCUT2D eigenvalue weighted by Gasteiger charge is -2.16. The van der Waals surface area contributed by atoms with E-state index in [-0.39, 0.29) is 11.3 Å². The number of ether oxygens (including phenoxy) is 1. The Bertz CT molecular complexity index is 1210. The van der Waals surface area contributed by atoms with Gasteiger partial charge in [0, 0.05) is 22.3 Å². The largest absolute Gasteiger partial charge is 0.488 e. The maximum absolute atomic E-state index is 14.1. The van der Waals surface area contributed by atoms with Crippen LogP contribution in [0.15, 0.2) is 72.0 Å². The zero-order valence-electron chi connectivity index (χ0n) is 18.7. The van der Waals surface area contributed by atoms with Crippen LogP contribution in [-0.4, -0.2) is 6.30 Å². The Labute approximate surface area is 204 Å². The van der Waals surface area contributed by atoms with Crippen LogP contribution in [0, 0.1) is 17.5 Å². The number of hydrogen-bond acceptors (Lipinski definition) is 2. The summed E-state index contributed by atoms with van der Waals surface area (Å²) in [5, 5.41) is 1.81. The van der Waals surface area contributed by atoms with E-state index in [2.05, 4.69) is 6.58 Å². The Morgan fingerprint density at radius 3 is 2.54 bits per heavy atom. The molecule has 0 aliphatic heterocycles. The van der Waals surface area contributed by atoms with Crippen LogP contribution < -0.4 is 10.1 Å². The highest BCUT2D eigenvalue weighted by Crippen LogP contribution is 2.42. The molecule has 0 fully saturated rings. The van der Waals surface area contributed by atoms with Gasteiger partial charge in [-0.2, -0.15) is 13.2 Å². The molecule has 1 N–H and O–H groups in total. The van der Waals surface area contributed by atoms with Gasteiger partial charge in [-0.25, -0.2) is 13.2 Å². The summed E-state index contributed by atoms with van der Waals surface area (Å²) in [6.07, 6.45) is 1.13. The first-order valence-corrected chi connectivity index (χ1v) is 11.0. The fraction of sp³-hybridized carbons (Fsp3) is 0.231. The number of hydrogen-bond donors (Lipinski definition) is 1. The minimum atomic E-state index is -4.61. The molecule has 0 bridgehead atoms. The molecule has 2 aromatic carbocycles. The fourth-order valence-corrected chi connectivity index (χ4v) is 3.91. The summed E-state index contributed by atoms with van der Waals surface area (Å²) < 4.78 is 85.3. The van der Waals surface area contributed by atoms with E-state index in [0.29, 0.717) is 46.6 Å². The van der Waals surface area contributed by atoms with Crippen LogP contribution in [0.4, 0.5) is 26.3 Å². The second kappa shape index (κ2) is 11.1. The van der Waals surface area contributed by atoms with Crippen molar-refractivity contribution in [3.05, 3.63) is 106 Å². The van der Waals surface area contributed by atoms with Crippen molar-refractivity contribution in [3.63, 3.8) is 0 Å². The molecule has 0 saturated carbocycles. The molecule has 2 aromatic rings. The van der Waals surface area contributed by atoms with Crippen LogP contribution in [0.2, 0.25) is 5.02 Å². The van der Waals surface area contributed by atoms with Crippen molar-refractivity contribution in [2.75, 3.05) is 0 Å². The topological polar surface area (TPSA) is 21.3 Å². The van der Waals surface area contributed by atoms with Gasteiger partial charge in [0.05, 0.1) is 0 Å². The van der Waals surface area contributed by atoms with E-state index in [0.717, 1.165) is 23.9 Å². The molecule has 0 spiro atoms. The van der Waals surface area contributed by atoms with Crippen LogP contribution >= 0.6 is 11.6 Å². The average molecular weight is 514 g/mol. The molecule has 2 nitrogen and oxygen atoms in total. The van der Waals surface area contributed by atoms with Crippen molar-refractivity contribution < 1.29 is 31.1 Å². The Balaban J connectivity index is 2.04. The van der Waals surface area contributed by atoms with Gasteiger partial charge in [-0.1, -0.05) is 35.9 Å². The average Bonchev–Trinajstić information content (AvgIpc) is 3.29. The zero-order chi connectivity index (χ0) is 25.8. The molecule has 0 amide bonds. The normalized spacial score (nSPS) is 15.0. The molecule has 1 aliphatic rings. The van der Waals surface area contributed by atoms with Crippen molar-refractivity contribution in [1.82, 2.24) is 5.32 Å². The van der Waals surface area contributed by atoms with E-state index in [1.54, 1.807) is 31.2 Å². The lowest BCUT2D eigenvalue weighted by molar-refractivity contribution is -0.146. The number of halogens is 7. The van der Waals surface area contributed by atoms with Crippen molar-refractivity contribution in [1.29, 1.82) is 0 Å². The second-order valence-electron chi connectivity index (χ2n) is 7.91. The van der Waals surface area contributed by atoms with E-state index in [4.69, 9.17) is 16.3 Å².